The first-order valence-electron chi connectivity index (χ1n) is 9.19. The van der Waals surface area contributed by atoms with Gasteiger partial charge in [0.15, 0.2) is 6.29 Å². The van der Waals surface area contributed by atoms with Gasteiger partial charge in [-0.2, -0.15) is 0 Å². The van der Waals surface area contributed by atoms with Gasteiger partial charge in [0.1, 0.15) is 0 Å². The van der Waals surface area contributed by atoms with E-state index >= 15 is 0 Å². The van der Waals surface area contributed by atoms with Crippen molar-refractivity contribution in [2.75, 3.05) is 13.2 Å². The third kappa shape index (κ3) is 4.29. The van der Waals surface area contributed by atoms with E-state index in [1.165, 1.54) is 25.7 Å². The molecule has 0 radical (unpaired) electrons. The zero-order chi connectivity index (χ0) is 16.8. The molecule has 0 bridgehead atoms. The van der Waals surface area contributed by atoms with Gasteiger partial charge in [0, 0.05) is 17.0 Å². The Morgan fingerprint density at radius 2 is 1.62 bits per heavy atom. The first kappa shape index (κ1) is 17.3. The summed E-state index contributed by atoms with van der Waals surface area (Å²) in [7, 11) is 0. The van der Waals surface area contributed by atoms with E-state index in [2.05, 4.69) is 43.0 Å². The lowest BCUT2D eigenvalue weighted by molar-refractivity contribution is -0.214. The Morgan fingerprint density at radius 1 is 0.958 bits per heavy atom. The van der Waals surface area contributed by atoms with Gasteiger partial charge >= 0.3 is 0 Å². The summed E-state index contributed by atoms with van der Waals surface area (Å²) in [5.41, 5.74) is 2.12. The predicted molar refractivity (Wildman–Crippen MR) is 97.4 cm³/mol. The lowest BCUT2D eigenvalue weighted by atomic mass is 9.76. The molecular formula is C22H28O2. The number of ether oxygens (including phenoxy) is 2. The van der Waals surface area contributed by atoms with Crippen LogP contribution in [0.25, 0.3) is 0 Å². The van der Waals surface area contributed by atoms with Crippen molar-refractivity contribution >= 4 is 0 Å². The van der Waals surface area contributed by atoms with Gasteiger partial charge in [-0.15, -0.1) is 5.92 Å². The molecule has 0 amide bonds. The van der Waals surface area contributed by atoms with Crippen LogP contribution in [0.2, 0.25) is 0 Å². The van der Waals surface area contributed by atoms with Gasteiger partial charge in [-0.05, 0) is 63.5 Å². The Morgan fingerprint density at radius 3 is 2.21 bits per heavy atom. The van der Waals surface area contributed by atoms with Crippen LogP contribution in [0.3, 0.4) is 0 Å². The Balaban J connectivity index is 1.49. The number of rotatable bonds is 3. The molecule has 2 nitrogen and oxygen atoms in total. The average molecular weight is 324 g/mol. The van der Waals surface area contributed by atoms with Gasteiger partial charge in [0.25, 0.3) is 0 Å². The number of benzene rings is 1. The number of hydrogen-bond acceptors (Lipinski definition) is 2. The van der Waals surface area contributed by atoms with Crippen molar-refractivity contribution in [3.63, 3.8) is 0 Å². The van der Waals surface area contributed by atoms with Gasteiger partial charge in [-0.3, -0.25) is 0 Å². The van der Waals surface area contributed by atoms with Gasteiger partial charge in [-0.1, -0.05) is 30.2 Å². The second-order valence-electron chi connectivity index (χ2n) is 6.96. The van der Waals surface area contributed by atoms with Crippen LogP contribution in [0.15, 0.2) is 36.4 Å². The summed E-state index contributed by atoms with van der Waals surface area (Å²) in [6.07, 6.45) is 9.59. The van der Waals surface area contributed by atoms with E-state index in [9.17, 15) is 0 Å². The molecule has 0 N–H and O–H groups in total. The molecule has 1 heterocycles. The summed E-state index contributed by atoms with van der Waals surface area (Å²) >= 11 is 0. The van der Waals surface area contributed by atoms with Crippen molar-refractivity contribution in [3.8, 4) is 11.8 Å². The van der Waals surface area contributed by atoms with Crippen LogP contribution in [0, 0.1) is 29.6 Å². The fourth-order valence-electron chi connectivity index (χ4n) is 3.93. The Bertz CT molecular complexity index is 589. The predicted octanol–water partition coefficient (Wildman–Crippen LogP) is 5.10. The van der Waals surface area contributed by atoms with Crippen LogP contribution < -0.4 is 0 Å². The van der Waals surface area contributed by atoms with E-state index in [1.807, 2.05) is 19.1 Å². The fraction of sp³-hybridized carbons (Fsp3) is 0.545. The quantitative estimate of drug-likeness (QED) is 0.569. The van der Waals surface area contributed by atoms with Crippen LogP contribution in [-0.2, 0) is 9.47 Å². The zero-order valence-electron chi connectivity index (χ0n) is 14.8. The zero-order valence-corrected chi connectivity index (χ0v) is 14.8. The molecule has 0 atom stereocenters. The minimum atomic E-state index is -0.218. The molecule has 0 unspecified atom stereocenters. The lowest BCUT2D eigenvalue weighted by Gasteiger charge is -2.37. The Hall–Kier alpha value is -1.56. The largest absolute Gasteiger partial charge is 0.348 e. The van der Waals surface area contributed by atoms with Crippen molar-refractivity contribution in [1.82, 2.24) is 0 Å². The summed E-state index contributed by atoms with van der Waals surface area (Å²) in [5, 5.41) is 0. The van der Waals surface area contributed by atoms with Crippen LogP contribution in [0.5, 0.6) is 0 Å². The standard InChI is InChI=1S/C22H28O2/c1-3-5-17-7-11-19(12-8-17)21-15-23-22(24-16-21)20-13-9-18(6-4-2)10-14-20/h3,5,9-10,13-14,17,19,21-22H,7-8,11-12,15-16H2,1-2H3. The topological polar surface area (TPSA) is 18.5 Å². The van der Waals surface area contributed by atoms with E-state index in [4.69, 9.17) is 9.47 Å². The van der Waals surface area contributed by atoms with Crippen molar-refractivity contribution in [3.05, 3.63) is 47.5 Å². The molecular weight excluding hydrogens is 296 g/mol. The SMILES string of the molecule is CC#Cc1ccc(C2OCC(C3CCC(C=CC)CC3)CO2)cc1. The number of hydrogen-bond donors (Lipinski definition) is 0. The van der Waals surface area contributed by atoms with Gasteiger partial charge in [-0.25, -0.2) is 0 Å². The second kappa shape index (κ2) is 8.51. The Labute approximate surface area is 146 Å². The maximum atomic E-state index is 6.03. The molecule has 2 aliphatic rings. The Kier molecular flexibility index (Phi) is 6.12. The molecule has 2 heteroatoms. The minimum Gasteiger partial charge on any atom is -0.348 e. The molecule has 24 heavy (non-hydrogen) atoms. The van der Waals surface area contributed by atoms with E-state index in [0.29, 0.717) is 5.92 Å². The molecule has 1 aromatic rings. The van der Waals surface area contributed by atoms with Gasteiger partial charge in [0.05, 0.1) is 13.2 Å². The molecule has 128 valence electrons. The minimum absolute atomic E-state index is 0.218. The third-order valence-corrected chi connectivity index (χ3v) is 5.32. The van der Waals surface area contributed by atoms with Crippen molar-refractivity contribution < 1.29 is 9.47 Å². The van der Waals surface area contributed by atoms with Crippen molar-refractivity contribution in [2.24, 2.45) is 17.8 Å². The van der Waals surface area contributed by atoms with Crippen molar-refractivity contribution in [1.29, 1.82) is 0 Å². The molecule has 1 saturated carbocycles. The van der Waals surface area contributed by atoms with Gasteiger partial charge in [0.2, 0.25) is 0 Å². The maximum absolute atomic E-state index is 6.03. The first-order chi connectivity index (χ1) is 11.8. The van der Waals surface area contributed by atoms with Crippen LogP contribution in [0.1, 0.15) is 56.9 Å². The molecule has 2 fully saturated rings. The molecule has 1 aliphatic carbocycles. The fourth-order valence-corrected chi connectivity index (χ4v) is 3.93. The van der Waals surface area contributed by atoms with Crippen LogP contribution in [0.4, 0.5) is 0 Å². The maximum Gasteiger partial charge on any atom is 0.183 e. The molecule has 1 saturated heterocycles. The van der Waals surface area contributed by atoms with E-state index in [-0.39, 0.29) is 6.29 Å². The molecule has 0 spiro atoms. The number of allylic oxidation sites excluding steroid dienone is 2. The summed E-state index contributed by atoms with van der Waals surface area (Å²) in [5.74, 6) is 8.08. The summed E-state index contributed by atoms with van der Waals surface area (Å²) < 4.78 is 12.1. The van der Waals surface area contributed by atoms with E-state index < -0.39 is 0 Å². The van der Waals surface area contributed by atoms with Crippen LogP contribution in [-0.4, -0.2) is 13.2 Å². The highest BCUT2D eigenvalue weighted by atomic mass is 16.7. The third-order valence-electron chi connectivity index (χ3n) is 5.32. The van der Waals surface area contributed by atoms with Gasteiger partial charge < -0.3 is 9.47 Å². The normalized spacial score (nSPS) is 30.8. The summed E-state index contributed by atoms with van der Waals surface area (Å²) in [6, 6.07) is 8.19. The molecule has 1 aliphatic heterocycles. The second-order valence-corrected chi connectivity index (χ2v) is 6.96. The smallest absolute Gasteiger partial charge is 0.183 e. The average Bonchev–Trinajstić information content (AvgIpc) is 2.64. The summed E-state index contributed by atoms with van der Waals surface area (Å²) in [6.45, 7) is 5.62. The van der Waals surface area contributed by atoms with E-state index in [0.717, 1.165) is 36.2 Å². The molecule has 1 aromatic carbocycles. The van der Waals surface area contributed by atoms with E-state index in [1.54, 1.807) is 0 Å². The summed E-state index contributed by atoms with van der Waals surface area (Å²) in [4.78, 5) is 0. The molecule has 3 rings (SSSR count). The van der Waals surface area contributed by atoms with Crippen molar-refractivity contribution in [2.45, 2.75) is 45.8 Å². The van der Waals surface area contributed by atoms with Crippen LogP contribution >= 0.6 is 0 Å². The first-order valence-corrected chi connectivity index (χ1v) is 9.19. The highest BCUT2D eigenvalue weighted by Gasteiger charge is 2.31. The highest BCUT2D eigenvalue weighted by Crippen LogP contribution is 2.37. The lowest BCUT2D eigenvalue weighted by Crippen LogP contribution is -2.34. The molecule has 0 aromatic heterocycles. The monoisotopic (exact) mass is 324 g/mol. The highest BCUT2D eigenvalue weighted by molar-refractivity contribution is 5.36.